The number of rotatable bonds is 9. The number of hydrogen-bond acceptors (Lipinski definition) is 4. The van der Waals surface area contributed by atoms with E-state index in [1.54, 1.807) is 6.08 Å². The highest BCUT2D eigenvalue weighted by atomic mass is 16.5. The number of benzene rings is 1. The predicted octanol–water partition coefficient (Wildman–Crippen LogP) is 2.38. The van der Waals surface area contributed by atoms with E-state index in [0.717, 1.165) is 18.4 Å². The van der Waals surface area contributed by atoms with Crippen molar-refractivity contribution in [1.29, 1.82) is 0 Å². The van der Waals surface area contributed by atoms with Gasteiger partial charge in [-0.1, -0.05) is 43.7 Å². The topological polar surface area (TPSA) is 58.6 Å². The highest BCUT2D eigenvalue weighted by Crippen LogP contribution is 2.20. The van der Waals surface area contributed by atoms with E-state index in [4.69, 9.17) is 0 Å². The first-order chi connectivity index (χ1) is 10.1. The fourth-order valence-corrected chi connectivity index (χ4v) is 2.20. The molecule has 4 nitrogen and oxygen atoms in total. The molecule has 2 unspecified atom stereocenters. The lowest BCUT2D eigenvalue weighted by Gasteiger charge is -2.23. The van der Waals surface area contributed by atoms with Gasteiger partial charge in [0.2, 0.25) is 0 Å². The number of methoxy groups -OCH3 is 1. The van der Waals surface area contributed by atoms with Gasteiger partial charge in [-0.25, -0.2) is 0 Å². The quantitative estimate of drug-likeness (QED) is 0.542. The van der Waals surface area contributed by atoms with Crippen LogP contribution in [0.2, 0.25) is 0 Å². The largest absolute Gasteiger partial charge is 0.469 e. The summed E-state index contributed by atoms with van der Waals surface area (Å²) in [5, 5.41) is 13.6. The zero-order valence-corrected chi connectivity index (χ0v) is 12.8. The molecule has 0 aromatic heterocycles. The minimum Gasteiger partial charge on any atom is -0.469 e. The summed E-state index contributed by atoms with van der Waals surface area (Å²) in [6, 6.07) is 7.47. The fraction of sp³-hybridized carbons (Fsp3) is 0.471. The van der Waals surface area contributed by atoms with Crippen LogP contribution in [0.5, 0.6) is 0 Å². The fourth-order valence-electron chi connectivity index (χ4n) is 2.20. The smallest absolute Gasteiger partial charge is 0.307 e. The van der Waals surface area contributed by atoms with Gasteiger partial charge in [0.15, 0.2) is 0 Å². The van der Waals surface area contributed by atoms with Crippen LogP contribution < -0.4 is 5.32 Å². The molecule has 1 aromatic rings. The summed E-state index contributed by atoms with van der Waals surface area (Å²) in [6.45, 7) is 6.29. The van der Waals surface area contributed by atoms with E-state index >= 15 is 0 Å². The number of esters is 1. The van der Waals surface area contributed by atoms with Crippen molar-refractivity contribution in [3.05, 3.63) is 48.0 Å². The first-order valence-electron chi connectivity index (χ1n) is 7.30. The van der Waals surface area contributed by atoms with Crippen LogP contribution in [-0.4, -0.2) is 30.8 Å². The molecule has 4 heteroatoms. The second kappa shape index (κ2) is 9.32. The van der Waals surface area contributed by atoms with Gasteiger partial charge in [0.1, 0.15) is 0 Å². The van der Waals surface area contributed by atoms with E-state index in [-0.39, 0.29) is 12.4 Å². The van der Waals surface area contributed by atoms with Crippen molar-refractivity contribution < 1.29 is 14.6 Å². The lowest BCUT2D eigenvalue weighted by Crippen LogP contribution is -2.37. The van der Waals surface area contributed by atoms with Gasteiger partial charge in [-0.15, -0.1) is 6.58 Å². The number of aryl methyl sites for hydroxylation is 1. The molecule has 0 heterocycles. The molecule has 116 valence electrons. The van der Waals surface area contributed by atoms with Crippen LogP contribution in [-0.2, 0) is 16.0 Å². The molecule has 0 bridgehead atoms. The standard InChI is InChI=1S/C17H25NO3/c1-4-6-13-7-9-14(10-8-13)17(20)15(18-11-5-2)12-16(19)21-3/h5,7-10,15,17-18,20H,2,4,6,11-12H2,1,3H3. The maximum Gasteiger partial charge on any atom is 0.307 e. The van der Waals surface area contributed by atoms with Crippen molar-refractivity contribution >= 4 is 5.97 Å². The van der Waals surface area contributed by atoms with Gasteiger partial charge in [0.25, 0.3) is 0 Å². The van der Waals surface area contributed by atoms with Crippen molar-refractivity contribution in [2.45, 2.75) is 38.3 Å². The molecule has 1 rings (SSSR count). The molecule has 0 aliphatic rings. The van der Waals surface area contributed by atoms with Crippen molar-refractivity contribution in [3.8, 4) is 0 Å². The third kappa shape index (κ3) is 5.69. The summed E-state index contributed by atoms with van der Waals surface area (Å²) in [6.07, 6.45) is 3.16. The van der Waals surface area contributed by atoms with Crippen molar-refractivity contribution in [2.24, 2.45) is 0 Å². The Bertz CT molecular complexity index is 442. The third-order valence-electron chi connectivity index (χ3n) is 3.38. The maximum atomic E-state index is 11.5. The Kier molecular flexibility index (Phi) is 7.72. The van der Waals surface area contributed by atoms with Gasteiger partial charge in [-0.3, -0.25) is 4.79 Å². The van der Waals surface area contributed by atoms with Gasteiger partial charge >= 0.3 is 5.97 Å². The van der Waals surface area contributed by atoms with E-state index in [1.165, 1.54) is 12.7 Å². The Balaban J connectivity index is 2.79. The number of nitrogens with one attached hydrogen (secondary N) is 1. The third-order valence-corrected chi connectivity index (χ3v) is 3.38. The SMILES string of the molecule is C=CCNC(CC(=O)OC)C(O)c1ccc(CCC)cc1. The predicted molar refractivity (Wildman–Crippen MR) is 84.0 cm³/mol. The molecule has 21 heavy (non-hydrogen) atoms. The average molecular weight is 291 g/mol. The van der Waals surface area contributed by atoms with Gasteiger partial charge in [-0.2, -0.15) is 0 Å². The van der Waals surface area contributed by atoms with E-state index in [9.17, 15) is 9.90 Å². The molecule has 0 aliphatic heterocycles. The number of hydrogen-bond donors (Lipinski definition) is 2. The Labute approximate surface area is 126 Å². The molecule has 0 radical (unpaired) electrons. The van der Waals surface area contributed by atoms with Gasteiger partial charge in [0.05, 0.1) is 19.6 Å². The van der Waals surface area contributed by atoms with Gasteiger partial charge in [0, 0.05) is 12.6 Å². The Hall–Kier alpha value is -1.65. The number of carbonyl (C=O) groups excluding carboxylic acids is 1. The summed E-state index contributed by atoms with van der Waals surface area (Å²) >= 11 is 0. The van der Waals surface area contributed by atoms with E-state index < -0.39 is 12.1 Å². The van der Waals surface area contributed by atoms with Crippen molar-refractivity contribution in [1.82, 2.24) is 5.32 Å². The molecule has 0 saturated carbocycles. The minimum absolute atomic E-state index is 0.113. The van der Waals surface area contributed by atoms with Crippen LogP contribution in [0.3, 0.4) is 0 Å². The highest BCUT2D eigenvalue weighted by molar-refractivity contribution is 5.70. The molecule has 0 saturated heterocycles. The molecule has 0 aliphatic carbocycles. The van der Waals surface area contributed by atoms with E-state index in [0.29, 0.717) is 6.54 Å². The summed E-state index contributed by atoms with van der Waals surface area (Å²) in [5.74, 6) is -0.349. The van der Waals surface area contributed by atoms with E-state index in [1.807, 2.05) is 24.3 Å². The van der Waals surface area contributed by atoms with Crippen LogP contribution in [0, 0.1) is 0 Å². The number of aliphatic hydroxyl groups is 1. The zero-order chi connectivity index (χ0) is 15.7. The maximum absolute atomic E-state index is 11.5. The number of aliphatic hydroxyl groups excluding tert-OH is 1. The van der Waals surface area contributed by atoms with Crippen LogP contribution in [0.15, 0.2) is 36.9 Å². The Morgan fingerprint density at radius 2 is 2.10 bits per heavy atom. The number of carbonyl (C=O) groups is 1. The second-order valence-corrected chi connectivity index (χ2v) is 5.02. The summed E-state index contributed by atoms with van der Waals surface area (Å²) in [5.41, 5.74) is 2.04. The van der Waals surface area contributed by atoms with Crippen LogP contribution in [0.4, 0.5) is 0 Å². The zero-order valence-electron chi connectivity index (χ0n) is 12.8. The first-order valence-corrected chi connectivity index (χ1v) is 7.30. The van der Waals surface area contributed by atoms with E-state index in [2.05, 4.69) is 23.6 Å². The van der Waals surface area contributed by atoms with Crippen LogP contribution >= 0.6 is 0 Å². The summed E-state index contributed by atoms with van der Waals surface area (Å²) < 4.78 is 4.68. The molecule has 0 amide bonds. The molecule has 2 N–H and O–H groups in total. The minimum atomic E-state index is -0.764. The molecule has 1 aromatic carbocycles. The van der Waals surface area contributed by atoms with Crippen LogP contribution in [0.1, 0.15) is 37.0 Å². The number of ether oxygens (including phenoxy) is 1. The molecule has 2 atom stereocenters. The van der Waals surface area contributed by atoms with Crippen molar-refractivity contribution in [3.63, 3.8) is 0 Å². The summed E-state index contributed by atoms with van der Waals surface area (Å²) in [4.78, 5) is 11.5. The second-order valence-electron chi connectivity index (χ2n) is 5.02. The normalized spacial score (nSPS) is 13.5. The van der Waals surface area contributed by atoms with Crippen molar-refractivity contribution in [2.75, 3.05) is 13.7 Å². The molecule has 0 spiro atoms. The Morgan fingerprint density at radius 3 is 2.62 bits per heavy atom. The van der Waals surface area contributed by atoms with Gasteiger partial charge in [-0.05, 0) is 17.5 Å². The molecular formula is C17H25NO3. The summed E-state index contributed by atoms with van der Waals surface area (Å²) in [7, 11) is 1.35. The highest BCUT2D eigenvalue weighted by Gasteiger charge is 2.23. The monoisotopic (exact) mass is 291 g/mol. The lowest BCUT2D eigenvalue weighted by molar-refractivity contribution is -0.142. The first kappa shape index (κ1) is 17.4. The van der Waals surface area contributed by atoms with Crippen LogP contribution in [0.25, 0.3) is 0 Å². The Morgan fingerprint density at radius 1 is 1.43 bits per heavy atom. The molecule has 0 fully saturated rings. The molecular weight excluding hydrogens is 266 g/mol. The van der Waals surface area contributed by atoms with Gasteiger partial charge < -0.3 is 15.2 Å². The average Bonchev–Trinajstić information content (AvgIpc) is 2.51. The lowest BCUT2D eigenvalue weighted by atomic mass is 9.97.